The predicted octanol–water partition coefficient (Wildman–Crippen LogP) is 5.28. The van der Waals surface area contributed by atoms with Crippen LogP contribution in [0, 0.1) is 6.92 Å². The largest absolute Gasteiger partial charge is 0.490 e. The summed E-state index contributed by atoms with van der Waals surface area (Å²) in [5.41, 5.74) is 3.47. The number of anilines is 1. The lowest BCUT2D eigenvalue weighted by Gasteiger charge is -2.48. The van der Waals surface area contributed by atoms with Crippen molar-refractivity contribution in [3.05, 3.63) is 84.6 Å². The fourth-order valence-electron chi connectivity index (χ4n) is 5.74. The summed E-state index contributed by atoms with van der Waals surface area (Å²) in [6, 6.07) is 24.3. The molecule has 4 aromatic rings. The zero-order valence-electron chi connectivity index (χ0n) is 20.2. The second-order valence-corrected chi connectivity index (χ2v) is 10.0. The molecule has 3 aliphatic heterocycles. The number of aliphatic hydroxyl groups is 1. The summed E-state index contributed by atoms with van der Waals surface area (Å²) in [5.74, 6) is 0.825. The van der Waals surface area contributed by atoms with Crippen molar-refractivity contribution in [3.63, 3.8) is 0 Å². The van der Waals surface area contributed by atoms with Crippen molar-refractivity contribution in [3.8, 4) is 5.75 Å². The normalized spacial score (nSPS) is 21.4. The molecule has 2 N–H and O–H groups in total. The molecule has 0 amide bonds. The maximum atomic E-state index is 10.9. The molecule has 7 rings (SSSR count). The number of ether oxygens (including phenoxy) is 1. The van der Waals surface area contributed by atoms with Crippen LogP contribution in [0.2, 0.25) is 0 Å². The highest BCUT2D eigenvalue weighted by Crippen LogP contribution is 2.31. The number of aliphatic hydroxyl groups excluding tert-OH is 1. The van der Waals surface area contributed by atoms with Gasteiger partial charge in [0.15, 0.2) is 0 Å². The van der Waals surface area contributed by atoms with E-state index in [9.17, 15) is 5.11 Å². The molecule has 3 aromatic carbocycles. The van der Waals surface area contributed by atoms with Crippen molar-refractivity contribution in [2.45, 2.75) is 38.0 Å². The van der Waals surface area contributed by atoms with Gasteiger partial charge in [-0.25, -0.2) is 0 Å². The Kier molecular flexibility index (Phi) is 5.96. The van der Waals surface area contributed by atoms with Gasteiger partial charge in [-0.1, -0.05) is 48.6 Å². The molecule has 0 aliphatic carbocycles. The molecule has 5 heteroatoms. The fourth-order valence-corrected chi connectivity index (χ4v) is 5.74. The maximum Gasteiger partial charge on any atom is 0.128 e. The number of aromatic amines is 1. The molecule has 1 fully saturated rings. The second-order valence-electron chi connectivity index (χ2n) is 10.0. The van der Waals surface area contributed by atoms with Crippen LogP contribution in [-0.2, 0) is 0 Å². The molecule has 180 valence electrons. The van der Waals surface area contributed by atoms with Crippen molar-refractivity contribution in [1.82, 2.24) is 9.88 Å². The minimum absolute atomic E-state index is 0.293. The van der Waals surface area contributed by atoms with Crippen LogP contribution in [0.1, 0.15) is 18.5 Å². The van der Waals surface area contributed by atoms with Crippen molar-refractivity contribution < 1.29 is 9.84 Å². The van der Waals surface area contributed by atoms with E-state index in [1.165, 1.54) is 16.5 Å². The molecule has 1 saturated heterocycles. The van der Waals surface area contributed by atoms with Crippen LogP contribution in [0.4, 0.5) is 5.69 Å². The Labute approximate surface area is 206 Å². The van der Waals surface area contributed by atoms with Crippen molar-refractivity contribution in [1.29, 1.82) is 0 Å². The molecule has 3 unspecified atom stereocenters. The van der Waals surface area contributed by atoms with Gasteiger partial charge in [-0.2, -0.15) is 0 Å². The summed E-state index contributed by atoms with van der Waals surface area (Å²) in [5, 5.41) is 14.6. The van der Waals surface area contributed by atoms with E-state index >= 15 is 0 Å². The summed E-state index contributed by atoms with van der Waals surface area (Å²) in [4.78, 5) is 8.40. The second kappa shape index (κ2) is 9.40. The maximum absolute atomic E-state index is 10.9. The lowest BCUT2D eigenvalue weighted by molar-refractivity contribution is 0.0409. The molecular weight excluding hydrogens is 434 g/mol. The van der Waals surface area contributed by atoms with Gasteiger partial charge in [-0.05, 0) is 60.9 Å². The van der Waals surface area contributed by atoms with E-state index in [0.717, 1.165) is 48.3 Å². The van der Waals surface area contributed by atoms with Crippen LogP contribution in [0.3, 0.4) is 0 Å². The molecule has 3 atom stereocenters. The van der Waals surface area contributed by atoms with Crippen LogP contribution < -0.4 is 9.64 Å². The monoisotopic (exact) mass is 467 g/mol. The number of piperazine rings is 1. The van der Waals surface area contributed by atoms with Gasteiger partial charge in [0.25, 0.3) is 0 Å². The number of fused-ring (bicyclic) bond motifs is 6. The van der Waals surface area contributed by atoms with Crippen LogP contribution in [0.15, 0.2) is 78.9 Å². The highest BCUT2D eigenvalue weighted by molar-refractivity contribution is 5.87. The van der Waals surface area contributed by atoms with Gasteiger partial charge in [0.2, 0.25) is 0 Å². The number of nitrogens with zero attached hydrogens (tertiary/aromatic N) is 2. The summed E-state index contributed by atoms with van der Waals surface area (Å²) < 4.78 is 6.08. The van der Waals surface area contributed by atoms with Gasteiger partial charge in [-0.15, -0.1) is 0 Å². The Balaban J connectivity index is 1.14. The third-order valence-corrected chi connectivity index (χ3v) is 7.49. The van der Waals surface area contributed by atoms with Gasteiger partial charge in [0.05, 0.1) is 0 Å². The minimum Gasteiger partial charge on any atom is -0.490 e. The summed E-state index contributed by atoms with van der Waals surface area (Å²) in [6.07, 6.45) is 6.15. The molecule has 0 saturated carbocycles. The predicted molar refractivity (Wildman–Crippen MR) is 143 cm³/mol. The minimum atomic E-state index is -0.538. The number of hydrogen-bond donors (Lipinski definition) is 2. The smallest absolute Gasteiger partial charge is 0.128 e. The van der Waals surface area contributed by atoms with E-state index in [1.54, 1.807) is 0 Å². The van der Waals surface area contributed by atoms with Crippen LogP contribution in [0.5, 0.6) is 5.75 Å². The number of nitrogens with one attached hydrogen (secondary N) is 1. The lowest BCUT2D eigenvalue weighted by atomic mass is 9.96. The van der Waals surface area contributed by atoms with Gasteiger partial charge < -0.3 is 19.7 Å². The van der Waals surface area contributed by atoms with E-state index in [0.29, 0.717) is 25.2 Å². The van der Waals surface area contributed by atoms with E-state index in [1.807, 2.05) is 19.1 Å². The van der Waals surface area contributed by atoms with Gasteiger partial charge in [-0.3, -0.25) is 4.90 Å². The standard InChI is InChI=1S/C30H33N3O2/c1-21-15-28-29(31-21)11-6-12-30(28)35-20-27(34)19-32-17-26-10-5-4-9-25(32)18-33(26)24-14-13-22-7-2-3-8-23(22)16-24/h2-8,11-16,25-27,31,34H,9-10,17-20H2,1H3. The highest BCUT2D eigenvalue weighted by atomic mass is 16.5. The molecule has 3 aliphatic rings. The number of rotatable bonds is 6. The van der Waals surface area contributed by atoms with E-state index in [2.05, 4.69) is 81.5 Å². The number of hydrogen-bond acceptors (Lipinski definition) is 4. The van der Waals surface area contributed by atoms with Crippen LogP contribution in [0.25, 0.3) is 21.7 Å². The summed E-state index contributed by atoms with van der Waals surface area (Å²) in [6.45, 7) is 4.89. The molecule has 2 bridgehead atoms. The first-order valence-corrected chi connectivity index (χ1v) is 12.7. The third kappa shape index (κ3) is 4.54. The first-order chi connectivity index (χ1) is 17.1. The summed E-state index contributed by atoms with van der Waals surface area (Å²) in [7, 11) is 0. The molecule has 35 heavy (non-hydrogen) atoms. The molecule has 1 aromatic heterocycles. The first kappa shape index (κ1) is 22.2. The van der Waals surface area contributed by atoms with Crippen molar-refractivity contribution >= 4 is 27.4 Å². The van der Waals surface area contributed by atoms with E-state index in [-0.39, 0.29) is 0 Å². The molecule has 5 nitrogen and oxygen atoms in total. The SMILES string of the molecule is Cc1cc2c(OCC(O)CN3CC4CC=CCC3CN4c3ccc4ccccc4c3)cccc2[nH]1. The topological polar surface area (TPSA) is 51.7 Å². The average molecular weight is 468 g/mol. The highest BCUT2D eigenvalue weighted by Gasteiger charge is 2.35. The molecule has 0 spiro atoms. The van der Waals surface area contributed by atoms with Gasteiger partial charge >= 0.3 is 0 Å². The van der Waals surface area contributed by atoms with Gasteiger partial charge in [0.1, 0.15) is 18.5 Å². The molecule has 0 radical (unpaired) electrons. The van der Waals surface area contributed by atoms with E-state index in [4.69, 9.17) is 4.74 Å². The fraction of sp³-hybridized carbons (Fsp3) is 0.333. The average Bonchev–Trinajstić information content (AvgIpc) is 3.24. The Morgan fingerprint density at radius 2 is 1.77 bits per heavy atom. The Bertz CT molecular complexity index is 1360. The number of aromatic nitrogens is 1. The number of aryl methyl sites for hydroxylation is 1. The zero-order chi connectivity index (χ0) is 23.8. The Morgan fingerprint density at radius 1 is 0.943 bits per heavy atom. The molecule has 4 heterocycles. The van der Waals surface area contributed by atoms with Crippen LogP contribution in [-0.4, -0.2) is 59.4 Å². The number of H-pyrrole nitrogens is 1. The quantitative estimate of drug-likeness (QED) is 0.379. The third-order valence-electron chi connectivity index (χ3n) is 7.49. The number of benzene rings is 3. The van der Waals surface area contributed by atoms with Crippen LogP contribution >= 0.6 is 0 Å². The van der Waals surface area contributed by atoms with Crippen molar-refractivity contribution in [2.75, 3.05) is 31.1 Å². The van der Waals surface area contributed by atoms with Gasteiger partial charge in [0, 0.05) is 54.0 Å². The van der Waals surface area contributed by atoms with Crippen molar-refractivity contribution in [2.24, 2.45) is 0 Å². The zero-order valence-corrected chi connectivity index (χ0v) is 20.2. The summed E-state index contributed by atoms with van der Waals surface area (Å²) >= 11 is 0. The molecular formula is C30H33N3O2. The Morgan fingerprint density at radius 3 is 2.66 bits per heavy atom. The van der Waals surface area contributed by atoms with E-state index < -0.39 is 6.10 Å². The first-order valence-electron chi connectivity index (χ1n) is 12.7. The lowest BCUT2D eigenvalue weighted by Crippen LogP contribution is -2.60. The Hall–Kier alpha value is -3.28.